The highest BCUT2D eigenvalue weighted by Crippen LogP contribution is 2.14. The molecule has 1 aromatic carbocycles. The third-order valence-electron chi connectivity index (χ3n) is 3.08. The molecule has 1 amide bonds. The SMILES string of the molecule is CCCNc1cc(C(=O)Nc2ccc(C)cc2)cc(C)n1. The van der Waals surface area contributed by atoms with Crippen LogP contribution >= 0.6 is 0 Å². The number of carbonyl (C=O) groups is 1. The largest absolute Gasteiger partial charge is 0.370 e. The molecule has 0 aliphatic rings. The fourth-order valence-electron chi connectivity index (χ4n) is 1.98. The molecule has 4 heteroatoms. The van der Waals surface area contributed by atoms with Crippen molar-refractivity contribution in [3.63, 3.8) is 0 Å². The quantitative estimate of drug-likeness (QED) is 0.878. The molecule has 2 aromatic rings. The van der Waals surface area contributed by atoms with E-state index in [1.165, 1.54) is 5.56 Å². The Morgan fingerprint density at radius 2 is 1.86 bits per heavy atom. The molecule has 0 saturated carbocycles. The molecule has 0 aliphatic carbocycles. The molecule has 0 spiro atoms. The number of pyridine rings is 1. The van der Waals surface area contributed by atoms with Gasteiger partial charge in [-0.15, -0.1) is 0 Å². The van der Waals surface area contributed by atoms with E-state index in [0.717, 1.165) is 30.2 Å². The minimum absolute atomic E-state index is 0.121. The summed E-state index contributed by atoms with van der Waals surface area (Å²) < 4.78 is 0. The Hall–Kier alpha value is -2.36. The van der Waals surface area contributed by atoms with Gasteiger partial charge in [0, 0.05) is 23.5 Å². The number of carbonyl (C=O) groups excluding carboxylic acids is 1. The zero-order valence-corrected chi connectivity index (χ0v) is 12.7. The van der Waals surface area contributed by atoms with Crippen LogP contribution in [0.2, 0.25) is 0 Å². The second-order valence-corrected chi connectivity index (χ2v) is 5.13. The summed E-state index contributed by atoms with van der Waals surface area (Å²) in [6, 6.07) is 11.3. The van der Waals surface area contributed by atoms with Crippen molar-refractivity contribution in [2.75, 3.05) is 17.2 Å². The fourth-order valence-corrected chi connectivity index (χ4v) is 1.98. The minimum atomic E-state index is -0.121. The molecule has 0 unspecified atom stereocenters. The number of hydrogen-bond donors (Lipinski definition) is 2. The van der Waals surface area contributed by atoms with E-state index in [0.29, 0.717) is 5.56 Å². The van der Waals surface area contributed by atoms with Gasteiger partial charge in [-0.1, -0.05) is 24.6 Å². The molecule has 2 rings (SSSR count). The Balaban J connectivity index is 2.14. The number of benzene rings is 1. The normalized spacial score (nSPS) is 10.2. The third-order valence-corrected chi connectivity index (χ3v) is 3.08. The van der Waals surface area contributed by atoms with Gasteiger partial charge in [0.15, 0.2) is 0 Å². The minimum Gasteiger partial charge on any atom is -0.370 e. The molecule has 0 fully saturated rings. The van der Waals surface area contributed by atoms with Crippen LogP contribution in [0.3, 0.4) is 0 Å². The highest BCUT2D eigenvalue weighted by molar-refractivity contribution is 6.04. The number of rotatable bonds is 5. The van der Waals surface area contributed by atoms with Crippen molar-refractivity contribution in [3.05, 3.63) is 53.2 Å². The van der Waals surface area contributed by atoms with Gasteiger partial charge in [-0.3, -0.25) is 4.79 Å². The molecule has 1 aromatic heterocycles. The Labute approximate surface area is 125 Å². The standard InChI is InChI=1S/C17H21N3O/c1-4-9-18-16-11-14(10-13(3)19-16)17(21)20-15-7-5-12(2)6-8-15/h5-8,10-11H,4,9H2,1-3H3,(H,18,19)(H,20,21). The topological polar surface area (TPSA) is 54.0 Å². The fraction of sp³-hybridized carbons (Fsp3) is 0.294. The number of nitrogens with one attached hydrogen (secondary N) is 2. The summed E-state index contributed by atoms with van der Waals surface area (Å²) in [5, 5.41) is 6.11. The lowest BCUT2D eigenvalue weighted by molar-refractivity contribution is 0.102. The van der Waals surface area contributed by atoms with Crippen LogP contribution in [0.15, 0.2) is 36.4 Å². The molecular formula is C17H21N3O. The number of nitrogens with zero attached hydrogens (tertiary/aromatic N) is 1. The summed E-state index contributed by atoms with van der Waals surface area (Å²) in [6.45, 7) is 6.84. The first-order valence-corrected chi connectivity index (χ1v) is 7.19. The van der Waals surface area contributed by atoms with E-state index in [2.05, 4.69) is 22.5 Å². The van der Waals surface area contributed by atoms with Gasteiger partial charge < -0.3 is 10.6 Å². The van der Waals surface area contributed by atoms with Gasteiger partial charge in [-0.25, -0.2) is 4.98 Å². The van der Waals surface area contributed by atoms with Crippen LogP contribution in [0.4, 0.5) is 11.5 Å². The lowest BCUT2D eigenvalue weighted by Gasteiger charge is -2.09. The molecule has 21 heavy (non-hydrogen) atoms. The molecule has 110 valence electrons. The van der Waals surface area contributed by atoms with Crippen LogP contribution in [-0.2, 0) is 0 Å². The zero-order valence-electron chi connectivity index (χ0n) is 12.7. The summed E-state index contributed by atoms with van der Waals surface area (Å²) in [5.41, 5.74) is 3.40. The maximum absolute atomic E-state index is 12.3. The first-order chi connectivity index (χ1) is 10.1. The Kier molecular flexibility index (Phi) is 4.93. The molecule has 4 nitrogen and oxygen atoms in total. The van der Waals surface area contributed by atoms with Gasteiger partial charge >= 0.3 is 0 Å². The molecule has 0 saturated heterocycles. The second kappa shape index (κ2) is 6.88. The monoisotopic (exact) mass is 283 g/mol. The van der Waals surface area contributed by atoms with E-state index < -0.39 is 0 Å². The van der Waals surface area contributed by atoms with Crippen molar-refractivity contribution in [3.8, 4) is 0 Å². The van der Waals surface area contributed by atoms with Gasteiger partial charge in [0.2, 0.25) is 0 Å². The average Bonchev–Trinajstić information content (AvgIpc) is 2.47. The van der Waals surface area contributed by atoms with Crippen LogP contribution < -0.4 is 10.6 Å². The van der Waals surface area contributed by atoms with Crippen molar-refractivity contribution < 1.29 is 4.79 Å². The van der Waals surface area contributed by atoms with Crippen LogP contribution in [0, 0.1) is 13.8 Å². The smallest absolute Gasteiger partial charge is 0.255 e. The molecule has 1 heterocycles. The molecule has 0 atom stereocenters. The summed E-state index contributed by atoms with van der Waals surface area (Å²) >= 11 is 0. The van der Waals surface area contributed by atoms with Crippen LogP contribution in [0.25, 0.3) is 0 Å². The van der Waals surface area contributed by atoms with E-state index in [1.807, 2.05) is 38.1 Å². The predicted octanol–water partition coefficient (Wildman–Crippen LogP) is 3.77. The summed E-state index contributed by atoms with van der Waals surface area (Å²) in [7, 11) is 0. The average molecular weight is 283 g/mol. The van der Waals surface area contributed by atoms with Crippen LogP contribution in [0.1, 0.15) is 35.0 Å². The lowest BCUT2D eigenvalue weighted by Crippen LogP contribution is -2.13. The van der Waals surface area contributed by atoms with Gasteiger partial charge in [-0.05, 0) is 44.5 Å². The molecular weight excluding hydrogens is 262 g/mol. The van der Waals surface area contributed by atoms with Gasteiger partial charge in [0.05, 0.1) is 0 Å². The Bertz CT molecular complexity index is 620. The first-order valence-electron chi connectivity index (χ1n) is 7.19. The molecule has 0 bridgehead atoms. The summed E-state index contributed by atoms with van der Waals surface area (Å²) in [6.07, 6.45) is 1.01. The van der Waals surface area contributed by atoms with Crippen molar-refractivity contribution in [1.29, 1.82) is 0 Å². The molecule has 2 N–H and O–H groups in total. The molecule has 0 radical (unpaired) electrons. The van der Waals surface area contributed by atoms with Crippen molar-refractivity contribution in [2.24, 2.45) is 0 Å². The maximum Gasteiger partial charge on any atom is 0.255 e. The van der Waals surface area contributed by atoms with Crippen LogP contribution in [-0.4, -0.2) is 17.4 Å². The Morgan fingerprint density at radius 1 is 1.14 bits per heavy atom. The lowest BCUT2D eigenvalue weighted by atomic mass is 10.2. The first kappa shape index (κ1) is 15.0. The van der Waals surface area contributed by atoms with Crippen molar-refractivity contribution in [1.82, 2.24) is 4.98 Å². The zero-order chi connectivity index (χ0) is 15.2. The van der Waals surface area contributed by atoms with E-state index in [-0.39, 0.29) is 5.91 Å². The van der Waals surface area contributed by atoms with E-state index >= 15 is 0 Å². The molecule has 0 aliphatic heterocycles. The van der Waals surface area contributed by atoms with Gasteiger partial charge in [0.1, 0.15) is 5.82 Å². The highest BCUT2D eigenvalue weighted by Gasteiger charge is 2.09. The van der Waals surface area contributed by atoms with Crippen molar-refractivity contribution in [2.45, 2.75) is 27.2 Å². The summed E-state index contributed by atoms with van der Waals surface area (Å²) in [4.78, 5) is 16.7. The van der Waals surface area contributed by atoms with Crippen molar-refractivity contribution >= 4 is 17.4 Å². The predicted molar refractivity (Wildman–Crippen MR) is 86.9 cm³/mol. The number of aryl methyl sites for hydroxylation is 2. The van der Waals surface area contributed by atoms with Gasteiger partial charge in [-0.2, -0.15) is 0 Å². The van der Waals surface area contributed by atoms with E-state index in [4.69, 9.17) is 0 Å². The second-order valence-electron chi connectivity index (χ2n) is 5.13. The number of aromatic nitrogens is 1. The van der Waals surface area contributed by atoms with E-state index in [1.54, 1.807) is 12.1 Å². The van der Waals surface area contributed by atoms with Gasteiger partial charge in [0.25, 0.3) is 5.91 Å². The highest BCUT2D eigenvalue weighted by atomic mass is 16.1. The number of anilines is 2. The number of amides is 1. The van der Waals surface area contributed by atoms with Crippen LogP contribution in [0.5, 0.6) is 0 Å². The summed E-state index contributed by atoms with van der Waals surface area (Å²) in [5.74, 6) is 0.620. The number of hydrogen-bond acceptors (Lipinski definition) is 3. The third kappa shape index (κ3) is 4.31. The Morgan fingerprint density at radius 3 is 2.52 bits per heavy atom. The maximum atomic E-state index is 12.3. The van der Waals surface area contributed by atoms with E-state index in [9.17, 15) is 4.79 Å².